The zero-order valence-corrected chi connectivity index (χ0v) is 37.2. The number of nitrogens with zero attached hydrogens (tertiary/aromatic N) is 1. The average Bonchev–Trinajstić information content (AvgIpc) is 3.67. The van der Waals surface area contributed by atoms with Gasteiger partial charge >= 0.3 is 0 Å². The summed E-state index contributed by atoms with van der Waals surface area (Å²) in [5, 5.41) is 6.33. The molecule has 0 spiro atoms. The summed E-state index contributed by atoms with van der Waals surface area (Å²) in [6.45, 7) is 2.42. The van der Waals surface area contributed by atoms with Crippen LogP contribution in [0.25, 0.3) is 94.3 Å². The quantitative estimate of drug-likeness (QED) is 0.169. The number of nitrogens with one attached hydrogen (secondary N) is 1. The molecule has 9 aromatic carbocycles. The summed E-state index contributed by atoms with van der Waals surface area (Å²) in [4.78, 5) is 0. The summed E-state index contributed by atoms with van der Waals surface area (Å²) in [5.41, 5.74) is 24.6. The summed E-state index contributed by atoms with van der Waals surface area (Å²) >= 11 is 0. The SMILES string of the molecule is CC1C2=C(C=C3C=CC=CC31)c1cc(-c3ccc(-c4cccc(-c5ccccc5Nc5cccc(-c6ccc(-c7ccccc7)cc6)c5)c4)cc3)cc3c4ccccc4n(c13)-c1ccccc12. The van der Waals surface area contributed by atoms with E-state index in [9.17, 15) is 0 Å². The molecule has 1 aliphatic heterocycles. The Labute approximate surface area is 391 Å². The minimum Gasteiger partial charge on any atom is -0.355 e. The Bertz CT molecular complexity index is 3710. The number of para-hydroxylation sites is 3. The summed E-state index contributed by atoms with van der Waals surface area (Å²) in [6.07, 6.45) is 11.6. The molecule has 2 heteroatoms. The molecule has 2 heterocycles. The Morgan fingerprint density at radius 2 is 1.04 bits per heavy atom. The van der Waals surface area contributed by atoms with Crippen LogP contribution in [0.3, 0.4) is 0 Å². The maximum atomic E-state index is 3.77. The van der Waals surface area contributed by atoms with E-state index in [2.05, 4.69) is 260 Å². The summed E-state index contributed by atoms with van der Waals surface area (Å²) < 4.78 is 2.53. The van der Waals surface area contributed by atoms with Gasteiger partial charge in [-0.2, -0.15) is 0 Å². The molecule has 10 aromatic rings. The van der Waals surface area contributed by atoms with Crippen molar-refractivity contribution in [3.05, 3.63) is 259 Å². The van der Waals surface area contributed by atoms with Crippen molar-refractivity contribution in [1.29, 1.82) is 0 Å². The third-order valence-electron chi connectivity index (χ3n) is 14.3. The third-order valence-corrected chi connectivity index (χ3v) is 14.3. The number of hydrogen-bond acceptors (Lipinski definition) is 1. The lowest BCUT2D eigenvalue weighted by Crippen LogP contribution is -2.19. The van der Waals surface area contributed by atoms with Gasteiger partial charge in [0, 0.05) is 44.8 Å². The van der Waals surface area contributed by atoms with Gasteiger partial charge in [0.05, 0.1) is 16.7 Å². The van der Waals surface area contributed by atoms with Crippen LogP contribution >= 0.6 is 0 Å². The highest BCUT2D eigenvalue weighted by Crippen LogP contribution is 2.52. The molecule has 2 nitrogen and oxygen atoms in total. The fourth-order valence-electron chi connectivity index (χ4n) is 11.1. The van der Waals surface area contributed by atoms with E-state index < -0.39 is 0 Å². The maximum Gasteiger partial charge on any atom is 0.0620 e. The fraction of sp³-hybridized carbons (Fsp3) is 0.0462. The molecule has 1 aromatic heterocycles. The highest BCUT2D eigenvalue weighted by atomic mass is 15.0. The van der Waals surface area contributed by atoms with Gasteiger partial charge in [0.2, 0.25) is 0 Å². The van der Waals surface area contributed by atoms with Gasteiger partial charge in [-0.05, 0) is 121 Å². The lowest BCUT2D eigenvalue weighted by Gasteiger charge is -2.33. The van der Waals surface area contributed by atoms with Crippen LogP contribution < -0.4 is 5.32 Å². The number of rotatable bonds is 7. The highest BCUT2D eigenvalue weighted by Gasteiger charge is 2.35. The van der Waals surface area contributed by atoms with Crippen LogP contribution in [0.2, 0.25) is 0 Å². The van der Waals surface area contributed by atoms with Crippen LogP contribution in [-0.2, 0) is 0 Å². The Balaban J connectivity index is 0.841. The Kier molecular flexibility index (Phi) is 9.25. The van der Waals surface area contributed by atoms with Crippen LogP contribution in [0.1, 0.15) is 18.1 Å². The van der Waals surface area contributed by atoms with E-state index in [0.29, 0.717) is 11.8 Å². The molecular formula is C65H46N2. The first-order valence-corrected chi connectivity index (χ1v) is 23.4. The average molecular weight is 855 g/mol. The van der Waals surface area contributed by atoms with Gasteiger partial charge < -0.3 is 9.88 Å². The molecule has 3 aliphatic rings. The molecule has 2 atom stereocenters. The Morgan fingerprint density at radius 1 is 0.433 bits per heavy atom. The van der Waals surface area contributed by atoms with E-state index in [1.54, 1.807) is 0 Å². The number of aromatic nitrogens is 1. The van der Waals surface area contributed by atoms with E-state index in [1.165, 1.54) is 105 Å². The van der Waals surface area contributed by atoms with Crippen molar-refractivity contribution in [2.24, 2.45) is 11.8 Å². The van der Waals surface area contributed by atoms with Gasteiger partial charge in [-0.25, -0.2) is 0 Å². The number of hydrogen-bond donors (Lipinski definition) is 1. The smallest absolute Gasteiger partial charge is 0.0620 e. The van der Waals surface area contributed by atoms with Gasteiger partial charge in [-0.3, -0.25) is 0 Å². The Morgan fingerprint density at radius 3 is 1.85 bits per heavy atom. The van der Waals surface area contributed by atoms with Crippen molar-refractivity contribution in [2.75, 3.05) is 5.32 Å². The summed E-state index contributed by atoms with van der Waals surface area (Å²) in [5.74, 6) is 0.678. The van der Waals surface area contributed by atoms with Crippen LogP contribution in [0.15, 0.2) is 248 Å². The molecule has 0 fully saturated rings. The molecule has 67 heavy (non-hydrogen) atoms. The van der Waals surface area contributed by atoms with E-state index >= 15 is 0 Å². The zero-order chi connectivity index (χ0) is 44.4. The molecule has 0 radical (unpaired) electrons. The van der Waals surface area contributed by atoms with Crippen molar-refractivity contribution in [3.8, 4) is 61.3 Å². The second-order valence-corrected chi connectivity index (χ2v) is 18.2. The number of allylic oxidation sites excluding steroid dienone is 8. The lowest BCUT2D eigenvalue weighted by atomic mass is 9.70. The fourth-order valence-corrected chi connectivity index (χ4v) is 11.1. The second-order valence-electron chi connectivity index (χ2n) is 18.2. The van der Waals surface area contributed by atoms with E-state index in [-0.39, 0.29) is 0 Å². The largest absolute Gasteiger partial charge is 0.355 e. The lowest BCUT2D eigenvalue weighted by molar-refractivity contribution is 0.602. The first kappa shape index (κ1) is 39.0. The van der Waals surface area contributed by atoms with Gasteiger partial charge in [0.25, 0.3) is 0 Å². The molecule has 2 unspecified atom stereocenters. The van der Waals surface area contributed by atoms with Crippen molar-refractivity contribution in [2.45, 2.75) is 6.92 Å². The predicted molar refractivity (Wildman–Crippen MR) is 284 cm³/mol. The van der Waals surface area contributed by atoms with E-state index in [4.69, 9.17) is 0 Å². The van der Waals surface area contributed by atoms with Crippen LogP contribution in [0, 0.1) is 11.8 Å². The van der Waals surface area contributed by atoms with Gasteiger partial charge in [0.1, 0.15) is 0 Å². The van der Waals surface area contributed by atoms with E-state index in [1.807, 2.05) is 0 Å². The van der Waals surface area contributed by atoms with Gasteiger partial charge in [-0.15, -0.1) is 0 Å². The molecule has 0 saturated carbocycles. The first-order valence-electron chi connectivity index (χ1n) is 23.4. The topological polar surface area (TPSA) is 17.0 Å². The number of benzene rings is 9. The molecular weight excluding hydrogens is 809 g/mol. The first-order chi connectivity index (χ1) is 33.1. The molecule has 13 rings (SSSR count). The molecule has 0 bridgehead atoms. The Hall–Kier alpha value is -8.46. The van der Waals surface area contributed by atoms with Gasteiger partial charge in [0.15, 0.2) is 0 Å². The summed E-state index contributed by atoms with van der Waals surface area (Å²) in [7, 11) is 0. The molecule has 316 valence electrons. The van der Waals surface area contributed by atoms with Crippen LogP contribution in [0.5, 0.6) is 0 Å². The molecule has 2 aliphatic carbocycles. The van der Waals surface area contributed by atoms with Crippen molar-refractivity contribution < 1.29 is 0 Å². The third kappa shape index (κ3) is 6.64. The van der Waals surface area contributed by atoms with Crippen LogP contribution in [0.4, 0.5) is 11.4 Å². The van der Waals surface area contributed by atoms with Crippen molar-refractivity contribution in [1.82, 2.24) is 4.57 Å². The van der Waals surface area contributed by atoms with E-state index in [0.717, 1.165) is 16.9 Å². The predicted octanol–water partition coefficient (Wildman–Crippen LogP) is 17.4. The van der Waals surface area contributed by atoms with Crippen molar-refractivity contribution in [3.63, 3.8) is 0 Å². The number of fused-ring (bicyclic) bond motifs is 8. The summed E-state index contributed by atoms with van der Waals surface area (Å²) in [6, 6.07) is 77.7. The number of anilines is 2. The van der Waals surface area contributed by atoms with Gasteiger partial charge in [-0.1, -0.05) is 201 Å². The standard InChI is InChI=1S/C65H46N2/c1-42-54-22-6-5-17-51(54)39-58-60-41-52(40-59-56-24-8-11-27-62(56)67(65(59)60)63-28-12-9-25-57(63)64(42)58)47-35-33-45(34-36-47)48-18-13-20-50(37-48)55-23-7-10-26-61(55)66-53-21-14-19-49(38-53)46-31-29-44(30-32-46)43-15-3-2-4-16-43/h2-42,54,66H,1H3. The molecule has 1 N–H and O–H groups in total. The minimum atomic E-state index is 0.324. The normalized spacial score (nSPS) is 15.7. The molecule has 0 saturated heterocycles. The zero-order valence-electron chi connectivity index (χ0n) is 37.2. The van der Waals surface area contributed by atoms with Crippen molar-refractivity contribution >= 4 is 44.3 Å². The minimum absolute atomic E-state index is 0.324. The second kappa shape index (κ2) is 15.9. The molecule has 0 amide bonds. The monoisotopic (exact) mass is 854 g/mol. The highest BCUT2D eigenvalue weighted by molar-refractivity contribution is 6.18. The maximum absolute atomic E-state index is 3.77. The van der Waals surface area contributed by atoms with Crippen LogP contribution in [-0.4, -0.2) is 4.57 Å².